The lowest BCUT2D eigenvalue weighted by molar-refractivity contribution is -0.118. The predicted molar refractivity (Wildman–Crippen MR) is 85.5 cm³/mol. The van der Waals surface area contributed by atoms with E-state index in [1.54, 1.807) is 0 Å². The fourth-order valence-electron chi connectivity index (χ4n) is 3.13. The molecule has 0 bridgehead atoms. The van der Waals surface area contributed by atoms with Gasteiger partial charge >= 0.3 is 6.03 Å². The molecule has 0 saturated carbocycles. The van der Waals surface area contributed by atoms with Crippen molar-refractivity contribution >= 4 is 11.9 Å². The molecule has 3 rings (SSSR count). The molecule has 1 heterocycles. The smallest absolute Gasteiger partial charge is 0.324 e. The van der Waals surface area contributed by atoms with Crippen LogP contribution in [0.5, 0.6) is 0 Å². The van der Waals surface area contributed by atoms with Crippen LogP contribution in [-0.2, 0) is 11.2 Å². The summed E-state index contributed by atoms with van der Waals surface area (Å²) < 4.78 is 0. The zero-order valence-corrected chi connectivity index (χ0v) is 12.9. The molecule has 0 unspecified atom stereocenters. The second kappa shape index (κ2) is 5.79. The fraction of sp³-hybridized carbons (Fsp3) is 0.294. The van der Waals surface area contributed by atoms with Gasteiger partial charge in [-0.1, -0.05) is 24.8 Å². The van der Waals surface area contributed by atoms with Crippen molar-refractivity contribution in [2.24, 2.45) is 0 Å². The van der Waals surface area contributed by atoms with E-state index in [1.807, 2.05) is 12.1 Å². The summed E-state index contributed by atoms with van der Waals surface area (Å²) in [5, 5.41) is 17.5. The number of aliphatic hydroxyl groups excluding tert-OH is 1. The minimum atomic E-state index is -0.585. The van der Waals surface area contributed by atoms with Crippen molar-refractivity contribution in [3.8, 4) is 0 Å². The van der Waals surface area contributed by atoms with Gasteiger partial charge in [-0.25, -0.2) is 4.79 Å². The van der Waals surface area contributed by atoms with Crippen LogP contribution in [0.1, 0.15) is 35.6 Å². The van der Waals surface area contributed by atoms with Gasteiger partial charge < -0.3 is 15.7 Å². The second-order valence-electron chi connectivity index (χ2n) is 5.84. The molecule has 0 spiro atoms. The molecule has 0 aromatic heterocycles. The average molecular weight is 313 g/mol. The Balaban J connectivity index is 1.85. The van der Waals surface area contributed by atoms with Gasteiger partial charge in [0, 0.05) is 0 Å². The summed E-state index contributed by atoms with van der Waals surface area (Å²) in [4.78, 5) is 23.9. The van der Waals surface area contributed by atoms with Crippen LogP contribution in [0.2, 0.25) is 0 Å². The van der Waals surface area contributed by atoms with Gasteiger partial charge in [0.25, 0.3) is 5.91 Å². The number of urea groups is 1. The van der Waals surface area contributed by atoms with Crippen LogP contribution in [0, 0.1) is 6.92 Å². The number of amides is 3. The number of carbonyl (C=O) groups is 2. The molecule has 0 fully saturated rings. The number of aryl methyl sites for hydroxylation is 1. The first-order valence-corrected chi connectivity index (χ1v) is 7.57. The summed E-state index contributed by atoms with van der Waals surface area (Å²) >= 11 is 0. The molecular weight excluding hydrogens is 294 g/mol. The van der Waals surface area contributed by atoms with E-state index in [0.29, 0.717) is 0 Å². The first-order valence-electron chi connectivity index (χ1n) is 7.57. The summed E-state index contributed by atoms with van der Waals surface area (Å²) in [6.07, 6.45) is 2.80. The lowest BCUT2D eigenvalue weighted by Crippen LogP contribution is -2.46. The third-order valence-electron chi connectivity index (χ3n) is 4.30. The number of aliphatic hydroxyl groups is 1. The molecule has 1 aliphatic heterocycles. The lowest BCUT2D eigenvalue weighted by Gasteiger charge is -2.28. The molecule has 120 valence electrons. The summed E-state index contributed by atoms with van der Waals surface area (Å²) in [5.74, 6) is -0.861. The highest BCUT2D eigenvalue weighted by Gasteiger charge is 2.29. The Morgan fingerprint density at radius 1 is 1.39 bits per heavy atom. The van der Waals surface area contributed by atoms with Gasteiger partial charge in [-0.3, -0.25) is 10.1 Å². The minimum absolute atomic E-state index is 0.0128. The van der Waals surface area contributed by atoms with Crippen LogP contribution in [0.4, 0.5) is 4.79 Å². The van der Waals surface area contributed by atoms with Crippen LogP contribution in [0.15, 0.2) is 41.9 Å². The Hall–Kier alpha value is -2.76. The van der Waals surface area contributed by atoms with Crippen molar-refractivity contribution in [1.82, 2.24) is 16.0 Å². The molecule has 6 heteroatoms. The molecule has 1 aromatic carbocycles. The zero-order chi connectivity index (χ0) is 16.6. The number of hydrogen-bond acceptors (Lipinski definition) is 3. The highest BCUT2D eigenvalue weighted by atomic mass is 16.3. The average Bonchev–Trinajstić information content (AvgIpc) is 2.52. The summed E-state index contributed by atoms with van der Waals surface area (Å²) in [6.45, 7) is 5.58. The van der Waals surface area contributed by atoms with Crippen LogP contribution >= 0.6 is 0 Å². The van der Waals surface area contributed by atoms with E-state index in [1.165, 1.54) is 11.1 Å². The molecule has 2 aliphatic rings. The van der Waals surface area contributed by atoms with Crippen LogP contribution in [0.25, 0.3) is 0 Å². The van der Waals surface area contributed by atoms with E-state index in [-0.39, 0.29) is 23.2 Å². The van der Waals surface area contributed by atoms with Crippen LogP contribution in [-0.4, -0.2) is 17.0 Å². The van der Waals surface area contributed by atoms with Crippen molar-refractivity contribution in [3.63, 3.8) is 0 Å². The Morgan fingerprint density at radius 3 is 2.96 bits per heavy atom. The summed E-state index contributed by atoms with van der Waals surface area (Å²) in [5.41, 5.74) is 3.43. The highest BCUT2D eigenvalue weighted by molar-refractivity contribution is 6.00. The maximum atomic E-state index is 12.4. The van der Waals surface area contributed by atoms with Gasteiger partial charge in [0.2, 0.25) is 0 Å². The second-order valence-corrected chi connectivity index (χ2v) is 5.84. The Morgan fingerprint density at radius 2 is 2.17 bits per heavy atom. The van der Waals surface area contributed by atoms with E-state index in [0.717, 1.165) is 24.8 Å². The van der Waals surface area contributed by atoms with Gasteiger partial charge in [-0.15, -0.1) is 0 Å². The highest BCUT2D eigenvalue weighted by Crippen LogP contribution is 2.31. The number of nitrogens with one attached hydrogen (secondary N) is 3. The molecule has 1 aliphatic carbocycles. The molecule has 0 saturated heterocycles. The third kappa shape index (κ3) is 2.79. The van der Waals surface area contributed by atoms with Gasteiger partial charge in [0.1, 0.15) is 0 Å². The fourth-order valence-corrected chi connectivity index (χ4v) is 3.13. The molecule has 4 N–H and O–H groups in total. The van der Waals surface area contributed by atoms with Crippen molar-refractivity contribution in [1.29, 1.82) is 0 Å². The summed E-state index contributed by atoms with van der Waals surface area (Å²) in [7, 11) is 0. The van der Waals surface area contributed by atoms with Crippen molar-refractivity contribution in [2.75, 3.05) is 0 Å². The van der Waals surface area contributed by atoms with E-state index in [2.05, 4.69) is 35.5 Å². The quantitative estimate of drug-likeness (QED) is 0.674. The van der Waals surface area contributed by atoms with Gasteiger partial charge in [0.05, 0.1) is 11.7 Å². The first kappa shape index (κ1) is 15.1. The van der Waals surface area contributed by atoms with Gasteiger partial charge in [-0.05, 0) is 42.9 Å². The normalized spacial score (nSPS) is 20.5. The lowest BCUT2D eigenvalue weighted by atomic mass is 9.85. The number of benzene rings is 1. The minimum Gasteiger partial charge on any atom is -0.504 e. The number of hydrogen-bond donors (Lipinski definition) is 4. The van der Waals surface area contributed by atoms with E-state index < -0.39 is 11.9 Å². The first-order chi connectivity index (χ1) is 11.0. The topological polar surface area (TPSA) is 90.5 Å². The molecule has 3 amide bonds. The SMILES string of the molecule is C=C1NC(=O)NC(C(=O)N[C@@H]2CCCc3c(C)cccc32)=C1O. The monoisotopic (exact) mass is 313 g/mol. The summed E-state index contributed by atoms with van der Waals surface area (Å²) in [6, 6.07) is 5.34. The standard InChI is InChI=1S/C17H19N3O3/c1-9-5-3-7-12-11(9)6-4-8-13(12)19-16(22)14-15(21)10(2)18-17(23)20-14/h3,5,7,13,21H,2,4,6,8H2,1H3,(H,19,22)(H2,18,20,23)/t13-/m1/s1. The van der Waals surface area contributed by atoms with E-state index >= 15 is 0 Å². The van der Waals surface area contributed by atoms with E-state index in [9.17, 15) is 14.7 Å². The molecule has 1 atom stereocenters. The molecule has 6 nitrogen and oxygen atoms in total. The number of fused-ring (bicyclic) bond motifs is 1. The van der Waals surface area contributed by atoms with Gasteiger partial charge in [0.15, 0.2) is 11.5 Å². The predicted octanol–water partition coefficient (Wildman–Crippen LogP) is 2.08. The Kier molecular flexibility index (Phi) is 3.82. The van der Waals surface area contributed by atoms with Crippen LogP contribution in [0.3, 0.4) is 0 Å². The maximum Gasteiger partial charge on any atom is 0.324 e. The maximum absolute atomic E-state index is 12.4. The molecule has 0 radical (unpaired) electrons. The molecular formula is C17H19N3O3. The van der Waals surface area contributed by atoms with Crippen molar-refractivity contribution in [2.45, 2.75) is 32.2 Å². The third-order valence-corrected chi connectivity index (χ3v) is 4.30. The Labute approximate surface area is 134 Å². The van der Waals surface area contributed by atoms with E-state index in [4.69, 9.17) is 0 Å². The van der Waals surface area contributed by atoms with Crippen molar-refractivity contribution < 1.29 is 14.7 Å². The van der Waals surface area contributed by atoms with Crippen molar-refractivity contribution in [3.05, 3.63) is 58.6 Å². The van der Waals surface area contributed by atoms with Gasteiger partial charge in [-0.2, -0.15) is 0 Å². The largest absolute Gasteiger partial charge is 0.504 e. The number of carbonyl (C=O) groups excluding carboxylic acids is 2. The molecule has 23 heavy (non-hydrogen) atoms. The zero-order valence-electron chi connectivity index (χ0n) is 12.9. The van der Waals surface area contributed by atoms with Crippen LogP contribution < -0.4 is 16.0 Å². The number of rotatable bonds is 2. The Bertz CT molecular complexity index is 737. The molecule has 1 aromatic rings.